The summed E-state index contributed by atoms with van der Waals surface area (Å²) in [6.45, 7) is 1.79. The van der Waals surface area contributed by atoms with Gasteiger partial charge >= 0.3 is 6.01 Å². The summed E-state index contributed by atoms with van der Waals surface area (Å²) < 4.78 is 7.09. The number of aromatic nitrogens is 4. The molecule has 0 spiro atoms. The lowest BCUT2D eigenvalue weighted by Gasteiger charge is -2.26. The highest BCUT2D eigenvalue weighted by molar-refractivity contribution is 9.10. The number of nitriles is 1. The quantitative estimate of drug-likeness (QED) is 0.378. The maximum absolute atomic E-state index is 9.03. The fourth-order valence-electron chi connectivity index (χ4n) is 3.72. The van der Waals surface area contributed by atoms with Crippen molar-refractivity contribution >= 4 is 44.4 Å². The fourth-order valence-corrected chi connectivity index (χ4v) is 4.08. The predicted octanol–water partition coefficient (Wildman–Crippen LogP) is 5.58. The molecule has 2 aromatic heterocycles. The Morgan fingerprint density at radius 3 is 2.58 bits per heavy atom. The number of anilines is 3. The van der Waals surface area contributed by atoms with Gasteiger partial charge in [0.2, 0.25) is 11.9 Å². The first-order valence-electron chi connectivity index (χ1n) is 10.7. The van der Waals surface area contributed by atoms with Crippen molar-refractivity contribution in [3.8, 4) is 17.8 Å². The predicted molar refractivity (Wildman–Crippen MR) is 130 cm³/mol. The van der Waals surface area contributed by atoms with Gasteiger partial charge in [-0.25, -0.2) is 0 Å². The largest absolute Gasteiger partial charge is 0.423 e. The lowest BCUT2D eigenvalue weighted by molar-refractivity contribution is 0.443. The van der Waals surface area contributed by atoms with E-state index in [0.717, 1.165) is 47.0 Å². The van der Waals surface area contributed by atoms with E-state index in [2.05, 4.69) is 52.2 Å². The molecule has 1 N–H and O–H groups in total. The van der Waals surface area contributed by atoms with Gasteiger partial charge in [0, 0.05) is 34.8 Å². The summed E-state index contributed by atoms with van der Waals surface area (Å²) in [6.07, 6.45) is 5.11. The summed E-state index contributed by atoms with van der Waals surface area (Å²) in [7, 11) is 0. The van der Waals surface area contributed by atoms with Crippen LogP contribution in [0.15, 0.2) is 59.2 Å². The molecule has 0 saturated carbocycles. The van der Waals surface area contributed by atoms with Crippen LogP contribution in [0.3, 0.4) is 0 Å². The highest BCUT2D eigenvalue weighted by Crippen LogP contribution is 2.31. The lowest BCUT2D eigenvalue weighted by atomic mass is 10.1. The minimum atomic E-state index is 0.203. The number of hydrogen-bond donors (Lipinski definition) is 1. The summed E-state index contributed by atoms with van der Waals surface area (Å²) in [6, 6.07) is 17.1. The summed E-state index contributed by atoms with van der Waals surface area (Å²) in [5.74, 6) is 1.57. The smallest absolute Gasteiger partial charge is 0.328 e. The van der Waals surface area contributed by atoms with Gasteiger partial charge in [0.05, 0.1) is 17.1 Å². The first kappa shape index (κ1) is 21.1. The molecule has 4 aromatic rings. The molecule has 0 aliphatic carbocycles. The second kappa shape index (κ2) is 9.38. The third kappa shape index (κ3) is 4.86. The molecule has 1 aliphatic rings. The van der Waals surface area contributed by atoms with Crippen molar-refractivity contribution in [1.29, 1.82) is 5.26 Å². The highest BCUT2D eigenvalue weighted by atomic mass is 79.9. The van der Waals surface area contributed by atoms with Gasteiger partial charge in [0.25, 0.3) is 0 Å². The average Bonchev–Trinajstić information content (AvgIpc) is 2.85. The molecular formula is C24H20BrN7O. The van der Waals surface area contributed by atoms with Gasteiger partial charge in [-0.15, -0.1) is 0 Å². The molecule has 5 rings (SSSR count). The van der Waals surface area contributed by atoms with Crippen molar-refractivity contribution in [1.82, 2.24) is 19.9 Å². The highest BCUT2D eigenvalue weighted by Gasteiger charge is 2.18. The van der Waals surface area contributed by atoms with E-state index < -0.39 is 0 Å². The normalized spacial score (nSPS) is 13.5. The van der Waals surface area contributed by atoms with Crippen LogP contribution >= 0.6 is 15.9 Å². The van der Waals surface area contributed by atoms with Crippen molar-refractivity contribution in [2.45, 2.75) is 19.3 Å². The van der Waals surface area contributed by atoms with E-state index >= 15 is 0 Å². The molecule has 1 aliphatic heterocycles. The topological polar surface area (TPSA) is 99.8 Å². The van der Waals surface area contributed by atoms with Gasteiger partial charge < -0.3 is 15.0 Å². The number of benzene rings is 2. The number of pyridine rings is 1. The van der Waals surface area contributed by atoms with Crippen LogP contribution in [-0.4, -0.2) is 33.0 Å². The molecule has 0 radical (unpaired) electrons. The molecule has 9 heteroatoms. The van der Waals surface area contributed by atoms with Crippen LogP contribution in [0.25, 0.3) is 10.9 Å². The van der Waals surface area contributed by atoms with Crippen LogP contribution in [0.5, 0.6) is 11.8 Å². The minimum Gasteiger partial charge on any atom is -0.423 e. The zero-order valence-electron chi connectivity index (χ0n) is 17.7. The summed E-state index contributed by atoms with van der Waals surface area (Å²) in [5, 5.41) is 13.1. The Bertz CT molecular complexity index is 1330. The van der Waals surface area contributed by atoms with Gasteiger partial charge in [-0.1, -0.05) is 15.9 Å². The van der Waals surface area contributed by atoms with E-state index in [4.69, 9.17) is 10.00 Å². The minimum absolute atomic E-state index is 0.203. The van der Waals surface area contributed by atoms with Crippen molar-refractivity contribution in [2.75, 3.05) is 23.3 Å². The molecule has 1 saturated heterocycles. The SMILES string of the molecule is N#Cc1ccc(Nc2nc(Oc3ccnc4ccc(Br)cc34)nc(N3CCCCC3)n2)cc1. The number of nitrogens with zero attached hydrogens (tertiary/aromatic N) is 6. The van der Waals surface area contributed by atoms with Crippen molar-refractivity contribution in [3.05, 3.63) is 64.8 Å². The second-order valence-electron chi connectivity index (χ2n) is 7.68. The number of ether oxygens (including phenoxy) is 1. The molecule has 2 aromatic carbocycles. The van der Waals surface area contributed by atoms with Gasteiger partial charge in [-0.3, -0.25) is 4.98 Å². The lowest BCUT2D eigenvalue weighted by Crippen LogP contribution is -2.31. The first-order valence-corrected chi connectivity index (χ1v) is 11.5. The zero-order valence-corrected chi connectivity index (χ0v) is 19.3. The van der Waals surface area contributed by atoms with Crippen molar-refractivity contribution in [2.24, 2.45) is 0 Å². The molecule has 0 amide bonds. The molecular weight excluding hydrogens is 482 g/mol. The molecule has 164 valence electrons. The Hall–Kier alpha value is -3.77. The van der Waals surface area contributed by atoms with Gasteiger partial charge in [0.1, 0.15) is 5.75 Å². The van der Waals surface area contributed by atoms with E-state index in [0.29, 0.717) is 23.2 Å². The first-order chi connectivity index (χ1) is 16.2. The molecule has 0 atom stereocenters. The second-order valence-corrected chi connectivity index (χ2v) is 8.59. The molecule has 0 bridgehead atoms. The third-order valence-electron chi connectivity index (χ3n) is 5.38. The standard InChI is InChI=1S/C24H20BrN7O/c25-17-6-9-20-19(14-17)21(10-11-27-20)33-24-30-22(28-18-7-4-16(15-26)5-8-18)29-23(31-24)32-12-2-1-3-13-32/h4-11,14H,1-3,12-13H2,(H,28,29,30,31). The van der Waals surface area contributed by atoms with E-state index in [-0.39, 0.29) is 6.01 Å². The number of halogens is 1. The molecule has 8 nitrogen and oxygen atoms in total. The summed E-state index contributed by atoms with van der Waals surface area (Å²) >= 11 is 3.51. The van der Waals surface area contributed by atoms with Gasteiger partial charge in [-0.2, -0.15) is 20.2 Å². The third-order valence-corrected chi connectivity index (χ3v) is 5.87. The Morgan fingerprint density at radius 1 is 0.970 bits per heavy atom. The maximum Gasteiger partial charge on any atom is 0.328 e. The van der Waals surface area contributed by atoms with Gasteiger partial charge in [-0.05, 0) is 67.8 Å². The van der Waals surface area contributed by atoms with E-state index in [1.807, 2.05) is 30.3 Å². The summed E-state index contributed by atoms with van der Waals surface area (Å²) in [4.78, 5) is 20.3. The zero-order chi connectivity index (χ0) is 22.6. The number of nitrogens with one attached hydrogen (secondary N) is 1. The van der Waals surface area contributed by atoms with Crippen LogP contribution in [0.2, 0.25) is 0 Å². The van der Waals surface area contributed by atoms with Crippen LogP contribution in [-0.2, 0) is 0 Å². The molecule has 3 heterocycles. The maximum atomic E-state index is 9.03. The van der Waals surface area contributed by atoms with Gasteiger partial charge in [0.15, 0.2) is 0 Å². The monoisotopic (exact) mass is 501 g/mol. The van der Waals surface area contributed by atoms with Crippen LogP contribution in [0.1, 0.15) is 24.8 Å². The Kier molecular flexibility index (Phi) is 6.00. The number of rotatable bonds is 5. The number of fused-ring (bicyclic) bond motifs is 1. The number of hydrogen-bond acceptors (Lipinski definition) is 8. The van der Waals surface area contributed by atoms with E-state index in [9.17, 15) is 0 Å². The fraction of sp³-hybridized carbons (Fsp3) is 0.208. The summed E-state index contributed by atoms with van der Waals surface area (Å²) in [5.41, 5.74) is 2.18. The van der Waals surface area contributed by atoms with E-state index in [1.165, 1.54) is 6.42 Å². The van der Waals surface area contributed by atoms with Crippen LogP contribution in [0.4, 0.5) is 17.6 Å². The molecule has 0 unspecified atom stereocenters. The number of piperidine rings is 1. The average molecular weight is 502 g/mol. The van der Waals surface area contributed by atoms with Crippen LogP contribution < -0.4 is 15.0 Å². The van der Waals surface area contributed by atoms with E-state index in [1.54, 1.807) is 24.4 Å². The van der Waals surface area contributed by atoms with Crippen LogP contribution in [0, 0.1) is 11.3 Å². The Morgan fingerprint density at radius 2 is 1.79 bits per heavy atom. The van der Waals surface area contributed by atoms with Crippen molar-refractivity contribution in [3.63, 3.8) is 0 Å². The Balaban J connectivity index is 1.51. The molecule has 1 fully saturated rings. The Labute approximate surface area is 199 Å². The van der Waals surface area contributed by atoms with Crippen molar-refractivity contribution < 1.29 is 4.74 Å². The molecule has 33 heavy (non-hydrogen) atoms.